The molecule has 1 aliphatic rings. The van der Waals surface area contributed by atoms with Gasteiger partial charge in [-0.15, -0.1) is 0 Å². The van der Waals surface area contributed by atoms with Crippen LogP contribution < -0.4 is 10.2 Å². The number of rotatable bonds is 4. The molecule has 0 unspecified atom stereocenters. The van der Waals surface area contributed by atoms with Crippen molar-refractivity contribution in [2.24, 2.45) is 0 Å². The lowest BCUT2D eigenvalue weighted by molar-refractivity contribution is 0.475. The van der Waals surface area contributed by atoms with Gasteiger partial charge in [-0.1, -0.05) is 23.8 Å². The predicted molar refractivity (Wildman–Crippen MR) is 136 cm³/mol. The van der Waals surface area contributed by atoms with Crippen LogP contribution in [-0.4, -0.2) is 19.8 Å². The summed E-state index contributed by atoms with van der Waals surface area (Å²) < 4.78 is 2.22. The molecule has 0 bridgehead atoms. The molecule has 33 heavy (non-hydrogen) atoms. The molecular formula is C27H26N4OS. The van der Waals surface area contributed by atoms with Crippen molar-refractivity contribution in [1.29, 1.82) is 0 Å². The van der Waals surface area contributed by atoms with Crippen LogP contribution in [0.25, 0.3) is 5.69 Å². The summed E-state index contributed by atoms with van der Waals surface area (Å²) in [6.45, 7) is 6.33. The Morgan fingerprint density at radius 1 is 0.909 bits per heavy atom. The van der Waals surface area contributed by atoms with Gasteiger partial charge >= 0.3 is 0 Å². The van der Waals surface area contributed by atoms with Gasteiger partial charge in [-0.05, 0) is 93.1 Å². The molecule has 5 nitrogen and oxygen atoms in total. The van der Waals surface area contributed by atoms with Crippen LogP contribution in [0.4, 0.5) is 5.69 Å². The van der Waals surface area contributed by atoms with Crippen LogP contribution in [0.15, 0.2) is 79.0 Å². The zero-order chi connectivity index (χ0) is 23.1. The highest BCUT2D eigenvalue weighted by atomic mass is 32.1. The lowest BCUT2D eigenvalue weighted by atomic mass is 9.96. The average Bonchev–Trinajstić information content (AvgIpc) is 3.31. The van der Waals surface area contributed by atoms with Crippen LogP contribution in [0.5, 0.6) is 5.75 Å². The third kappa shape index (κ3) is 3.76. The van der Waals surface area contributed by atoms with Gasteiger partial charge in [0.15, 0.2) is 5.11 Å². The average molecular weight is 455 g/mol. The van der Waals surface area contributed by atoms with E-state index in [0.29, 0.717) is 5.11 Å². The van der Waals surface area contributed by atoms with Crippen molar-refractivity contribution >= 4 is 23.0 Å². The first-order chi connectivity index (χ1) is 15.9. The third-order valence-corrected chi connectivity index (χ3v) is 6.62. The minimum atomic E-state index is -0.0891. The standard InChI is InChI=1S/C27H26N4OS/c1-17-7-9-21(10-8-17)31-26(25(29-27(31)33)24-6-4-5-15-28-24)23-16-18(2)30(19(23)3)20-11-13-22(32)14-12-20/h4-16,25-26,32H,1-3H3,(H,29,33)/t25-,26-/m1/s1. The summed E-state index contributed by atoms with van der Waals surface area (Å²) in [6, 6.07) is 23.8. The Kier molecular flexibility index (Phi) is 5.38. The van der Waals surface area contributed by atoms with Gasteiger partial charge in [0.1, 0.15) is 5.75 Å². The van der Waals surface area contributed by atoms with Gasteiger partial charge in [0.2, 0.25) is 0 Å². The van der Waals surface area contributed by atoms with Crippen molar-refractivity contribution in [1.82, 2.24) is 14.9 Å². The molecule has 2 aromatic heterocycles. The van der Waals surface area contributed by atoms with E-state index in [1.54, 1.807) is 12.1 Å². The maximum absolute atomic E-state index is 9.74. The fourth-order valence-electron chi connectivity index (χ4n) is 4.74. The first kappa shape index (κ1) is 21.2. The molecule has 1 aliphatic heterocycles. The second kappa shape index (κ2) is 8.37. The monoisotopic (exact) mass is 454 g/mol. The molecule has 1 saturated heterocycles. The van der Waals surface area contributed by atoms with E-state index in [4.69, 9.17) is 12.2 Å². The molecule has 0 aliphatic carbocycles. The zero-order valence-electron chi connectivity index (χ0n) is 18.9. The summed E-state index contributed by atoms with van der Waals surface area (Å²) >= 11 is 5.85. The molecule has 2 N–H and O–H groups in total. The van der Waals surface area contributed by atoms with Gasteiger partial charge in [-0.2, -0.15) is 0 Å². The van der Waals surface area contributed by atoms with Gasteiger partial charge in [0.05, 0.1) is 17.8 Å². The molecule has 0 radical (unpaired) electrons. The van der Waals surface area contributed by atoms with Crippen LogP contribution in [0.1, 0.15) is 40.3 Å². The van der Waals surface area contributed by atoms with E-state index < -0.39 is 0 Å². The van der Waals surface area contributed by atoms with E-state index in [1.807, 2.05) is 36.5 Å². The second-order valence-corrected chi connectivity index (χ2v) is 8.90. The predicted octanol–water partition coefficient (Wildman–Crippen LogP) is 5.68. The van der Waals surface area contributed by atoms with Gasteiger partial charge < -0.3 is 19.9 Å². The Balaban J connectivity index is 1.67. The summed E-state index contributed by atoms with van der Waals surface area (Å²) in [6.07, 6.45) is 1.82. The molecule has 0 saturated carbocycles. The van der Waals surface area contributed by atoms with Gasteiger partial charge in [0, 0.05) is 29.0 Å². The zero-order valence-corrected chi connectivity index (χ0v) is 19.7. The Hall–Kier alpha value is -3.64. The van der Waals surface area contributed by atoms with Crippen molar-refractivity contribution in [3.63, 3.8) is 0 Å². The minimum absolute atomic E-state index is 0.0628. The number of aromatic nitrogens is 2. The Morgan fingerprint density at radius 2 is 1.61 bits per heavy atom. The topological polar surface area (TPSA) is 53.3 Å². The maximum Gasteiger partial charge on any atom is 0.174 e. The molecule has 1 fully saturated rings. The molecule has 4 aromatic rings. The van der Waals surface area contributed by atoms with Crippen molar-refractivity contribution in [3.05, 3.63) is 107 Å². The van der Waals surface area contributed by atoms with E-state index in [9.17, 15) is 5.11 Å². The number of benzene rings is 2. The molecule has 166 valence electrons. The number of aryl methyl sites for hydroxylation is 2. The number of nitrogens with zero attached hydrogens (tertiary/aromatic N) is 3. The molecule has 2 atom stereocenters. The van der Waals surface area contributed by atoms with Gasteiger partial charge in [-0.3, -0.25) is 4.98 Å². The number of anilines is 1. The Morgan fingerprint density at radius 3 is 2.27 bits per heavy atom. The fraction of sp³-hybridized carbons (Fsp3) is 0.185. The molecule has 3 heterocycles. The summed E-state index contributed by atoms with van der Waals surface area (Å²) in [7, 11) is 0. The van der Waals surface area contributed by atoms with E-state index in [0.717, 1.165) is 28.5 Å². The highest BCUT2D eigenvalue weighted by molar-refractivity contribution is 7.80. The van der Waals surface area contributed by atoms with Crippen LogP contribution in [-0.2, 0) is 0 Å². The molecule has 0 amide bonds. The van der Waals surface area contributed by atoms with Crippen LogP contribution in [0.2, 0.25) is 0 Å². The fourth-order valence-corrected chi connectivity index (χ4v) is 5.09. The van der Waals surface area contributed by atoms with Gasteiger partial charge in [-0.25, -0.2) is 0 Å². The smallest absolute Gasteiger partial charge is 0.174 e. The minimum Gasteiger partial charge on any atom is -0.508 e. The van der Waals surface area contributed by atoms with E-state index in [2.05, 4.69) is 70.9 Å². The van der Waals surface area contributed by atoms with Crippen LogP contribution in [0, 0.1) is 20.8 Å². The molecule has 5 rings (SSSR count). The molecule has 0 spiro atoms. The van der Waals surface area contributed by atoms with E-state index in [-0.39, 0.29) is 17.8 Å². The normalized spacial score (nSPS) is 17.9. The number of aromatic hydroxyl groups is 1. The number of nitrogens with one attached hydrogen (secondary N) is 1. The molecule has 6 heteroatoms. The van der Waals surface area contributed by atoms with Crippen molar-refractivity contribution in [2.75, 3.05) is 4.90 Å². The van der Waals surface area contributed by atoms with Crippen molar-refractivity contribution in [2.45, 2.75) is 32.9 Å². The summed E-state index contributed by atoms with van der Waals surface area (Å²) in [4.78, 5) is 6.86. The SMILES string of the molecule is Cc1ccc(N2C(=S)N[C@H](c3ccccn3)[C@H]2c2cc(C)n(-c3ccc(O)cc3)c2C)cc1. The Labute approximate surface area is 199 Å². The van der Waals surface area contributed by atoms with Crippen LogP contribution in [0.3, 0.4) is 0 Å². The quantitative estimate of drug-likeness (QED) is 0.389. The van der Waals surface area contributed by atoms with Crippen molar-refractivity contribution in [3.8, 4) is 11.4 Å². The first-order valence-corrected chi connectivity index (χ1v) is 11.4. The Bertz CT molecular complexity index is 1300. The van der Waals surface area contributed by atoms with E-state index >= 15 is 0 Å². The first-order valence-electron chi connectivity index (χ1n) is 11.0. The summed E-state index contributed by atoms with van der Waals surface area (Å²) in [5, 5.41) is 14.0. The number of hydrogen-bond acceptors (Lipinski definition) is 3. The highest BCUT2D eigenvalue weighted by Gasteiger charge is 2.42. The largest absolute Gasteiger partial charge is 0.508 e. The third-order valence-electron chi connectivity index (χ3n) is 6.31. The van der Waals surface area contributed by atoms with Crippen molar-refractivity contribution < 1.29 is 5.11 Å². The van der Waals surface area contributed by atoms with Gasteiger partial charge in [0.25, 0.3) is 0 Å². The highest BCUT2D eigenvalue weighted by Crippen LogP contribution is 2.43. The number of pyridine rings is 1. The maximum atomic E-state index is 9.74. The number of thiocarbonyl (C=S) groups is 1. The lowest BCUT2D eigenvalue weighted by Gasteiger charge is -2.28. The van der Waals surface area contributed by atoms with E-state index in [1.165, 1.54) is 11.1 Å². The molecular weight excluding hydrogens is 428 g/mol. The molecule has 2 aromatic carbocycles. The van der Waals surface area contributed by atoms with Crippen LogP contribution >= 0.6 is 12.2 Å². The number of phenols is 1. The summed E-state index contributed by atoms with van der Waals surface area (Å²) in [5.74, 6) is 0.257. The lowest BCUT2D eigenvalue weighted by Crippen LogP contribution is -2.29. The summed E-state index contributed by atoms with van der Waals surface area (Å²) in [5.41, 5.74) is 7.66. The second-order valence-electron chi connectivity index (χ2n) is 8.51. The number of phenolic OH excluding ortho intramolecular Hbond substituents is 1. The number of hydrogen-bond donors (Lipinski definition) is 2.